The molecule has 4 rings (SSSR count). The lowest BCUT2D eigenvalue weighted by Crippen LogP contribution is -2.39. The van der Waals surface area contributed by atoms with Crippen LogP contribution in [0.15, 0.2) is 54.9 Å². The lowest BCUT2D eigenvalue weighted by Gasteiger charge is -2.40. The minimum absolute atomic E-state index is 0.238. The van der Waals surface area contributed by atoms with Gasteiger partial charge in [-0.3, -0.25) is 9.97 Å². The highest BCUT2D eigenvalue weighted by Gasteiger charge is 2.36. The van der Waals surface area contributed by atoms with Gasteiger partial charge < -0.3 is 24.4 Å². The lowest BCUT2D eigenvalue weighted by atomic mass is 9.82. The second kappa shape index (κ2) is 12.5. The van der Waals surface area contributed by atoms with Crippen LogP contribution in [-0.4, -0.2) is 59.9 Å². The third kappa shape index (κ3) is 7.76. The minimum Gasteiger partial charge on any atom is -0.492 e. The molecule has 1 fully saturated rings. The van der Waals surface area contributed by atoms with Crippen LogP contribution in [-0.2, 0) is 9.53 Å². The predicted molar refractivity (Wildman–Crippen MR) is 164 cm³/mol. The van der Waals surface area contributed by atoms with E-state index in [1.165, 1.54) is 0 Å². The van der Waals surface area contributed by atoms with E-state index in [1.54, 1.807) is 0 Å². The minimum atomic E-state index is -1.15. The number of likely N-dealkylation sites (N-methyl/N-ethyl adjacent to an activating group) is 1. The van der Waals surface area contributed by atoms with E-state index in [4.69, 9.17) is 14.5 Å². The first-order valence-corrected chi connectivity index (χ1v) is 14.4. The van der Waals surface area contributed by atoms with Gasteiger partial charge in [0.15, 0.2) is 6.10 Å². The molecule has 41 heavy (non-hydrogen) atoms. The molecule has 2 aromatic heterocycles. The number of carbonyl (C=O) groups is 1. The van der Waals surface area contributed by atoms with E-state index >= 15 is 0 Å². The molecular formula is C33H44N4O4. The number of rotatable bonds is 10. The normalized spacial score (nSPS) is 15.8. The van der Waals surface area contributed by atoms with Gasteiger partial charge in [-0.1, -0.05) is 32.0 Å². The molecule has 8 nitrogen and oxygen atoms in total. The molecular weight excluding hydrogens is 516 g/mol. The Kier molecular flexibility index (Phi) is 9.22. The summed E-state index contributed by atoms with van der Waals surface area (Å²) in [5.41, 5.74) is 4.22. The van der Waals surface area contributed by atoms with E-state index in [1.807, 2.05) is 89.6 Å². The van der Waals surface area contributed by atoms with Crippen molar-refractivity contribution in [1.29, 1.82) is 0 Å². The van der Waals surface area contributed by atoms with Crippen molar-refractivity contribution < 1.29 is 19.4 Å². The van der Waals surface area contributed by atoms with Crippen LogP contribution in [0, 0.1) is 12.3 Å². The van der Waals surface area contributed by atoms with Gasteiger partial charge in [0.1, 0.15) is 12.4 Å². The Morgan fingerprint density at radius 1 is 1.07 bits per heavy atom. The average Bonchev–Trinajstić information content (AvgIpc) is 2.92. The third-order valence-electron chi connectivity index (χ3n) is 7.58. The van der Waals surface area contributed by atoms with Crippen molar-refractivity contribution in [2.24, 2.45) is 5.41 Å². The van der Waals surface area contributed by atoms with Crippen molar-refractivity contribution in [2.45, 2.75) is 66.1 Å². The van der Waals surface area contributed by atoms with Gasteiger partial charge in [0, 0.05) is 43.2 Å². The molecule has 0 spiro atoms. The van der Waals surface area contributed by atoms with E-state index in [2.05, 4.69) is 28.6 Å². The number of aliphatic carboxylic acids is 1. The standard InChI is InChI=1S/C33H44N4O4/c1-23-28(30(31(38)39)41-32(2,3)4)29(37-17-15-33(5,6)16-18-37)26(22-34-23)27-14-13-24(21-35-27)36(7)19-20-40-25-11-9-8-10-12-25/h8-14,21-22,30H,15-20H2,1-7H3,(H,38,39)/t30-/m0/s1. The van der Waals surface area contributed by atoms with Gasteiger partial charge in [0.2, 0.25) is 0 Å². The molecule has 1 aliphatic heterocycles. The van der Waals surface area contributed by atoms with E-state index in [0.29, 0.717) is 24.4 Å². The Bertz CT molecular complexity index is 1310. The maximum absolute atomic E-state index is 12.6. The smallest absolute Gasteiger partial charge is 0.337 e. The molecule has 3 aromatic rings. The lowest BCUT2D eigenvalue weighted by molar-refractivity contribution is -0.160. The van der Waals surface area contributed by atoms with Gasteiger partial charge in [-0.2, -0.15) is 0 Å². The summed E-state index contributed by atoms with van der Waals surface area (Å²) in [6, 6.07) is 13.8. The first-order chi connectivity index (χ1) is 19.3. The van der Waals surface area contributed by atoms with Gasteiger partial charge in [-0.15, -0.1) is 0 Å². The number of piperidine rings is 1. The highest BCUT2D eigenvalue weighted by Crippen LogP contribution is 2.43. The number of anilines is 2. The molecule has 0 amide bonds. The monoisotopic (exact) mass is 560 g/mol. The highest BCUT2D eigenvalue weighted by molar-refractivity contribution is 5.85. The fourth-order valence-corrected chi connectivity index (χ4v) is 5.09. The summed E-state index contributed by atoms with van der Waals surface area (Å²) in [5.74, 6) is -0.177. The Hall–Kier alpha value is -3.65. The molecule has 1 N–H and O–H groups in total. The number of aryl methyl sites for hydroxylation is 1. The SMILES string of the molecule is Cc1ncc(-c2ccc(N(C)CCOc3ccccc3)cn2)c(N2CCC(C)(C)CC2)c1[C@H](OC(C)(C)C)C(=O)O. The van der Waals surface area contributed by atoms with Gasteiger partial charge in [-0.05, 0) is 70.2 Å². The fraction of sp³-hybridized carbons (Fsp3) is 0.485. The van der Waals surface area contributed by atoms with Crippen molar-refractivity contribution in [1.82, 2.24) is 9.97 Å². The number of carboxylic acids is 1. The van der Waals surface area contributed by atoms with Crippen molar-refractivity contribution in [2.75, 3.05) is 43.1 Å². The van der Waals surface area contributed by atoms with Crippen molar-refractivity contribution >= 4 is 17.3 Å². The quantitative estimate of drug-likeness (QED) is 0.299. The molecule has 1 atom stereocenters. The van der Waals surface area contributed by atoms with Crippen molar-refractivity contribution in [3.8, 4) is 17.0 Å². The molecule has 0 aliphatic carbocycles. The molecule has 0 bridgehead atoms. The number of carboxylic acid groups (broad SMARTS) is 1. The van der Waals surface area contributed by atoms with Crippen molar-refractivity contribution in [3.63, 3.8) is 0 Å². The number of hydrogen-bond acceptors (Lipinski definition) is 7. The number of pyridine rings is 2. The molecule has 1 saturated heterocycles. The molecule has 0 unspecified atom stereocenters. The van der Waals surface area contributed by atoms with Crippen LogP contribution < -0.4 is 14.5 Å². The van der Waals surface area contributed by atoms with Gasteiger partial charge >= 0.3 is 5.97 Å². The number of nitrogens with zero attached hydrogens (tertiary/aromatic N) is 4. The molecule has 220 valence electrons. The van der Waals surface area contributed by atoms with Crippen LogP contribution in [0.5, 0.6) is 5.75 Å². The summed E-state index contributed by atoms with van der Waals surface area (Å²) in [4.78, 5) is 26.5. The Morgan fingerprint density at radius 2 is 1.76 bits per heavy atom. The summed E-state index contributed by atoms with van der Waals surface area (Å²) in [6.07, 6.45) is 4.53. The maximum atomic E-state index is 12.6. The fourth-order valence-electron chi connectivity index (χ4n) is 5.09. The number of aromatic nitrogens is 2. The third-order valence-corrected chi connectivity index (χ3v) is 7.58. The molecule has 8 heteroatoms. The highest BCUT2D eigenvalue weighted by atomic mass is 16.5. The van der Waals surface area contributed by atoms with E-state index in [9.17, 15) is 9.90 Å². The first kappa shape index (κ1) is 30.3. The zero-order valence-corrected chi connectivity index (χ0v) is 25.5. The zero-order valence-electron chi connectivity index (χ0n) is 25.5. The van der Waals surface area contributed by atoms with Gasteiger partial charge in [0.25, 0.3) is 0 Å². The van der Waals surface area contributed by atoms with Crippen LogP contribution in [0.4, 0.5) is 11.4 Å². The molecule has 0 radical (unpaired) electrons. The summed E-state index contributed by atoms with van der Waals surface area (Å²) in [6.45, 7) is 14.9. The van der Waals surface area contributed by atoms with Crippen LogP contribution in [0.1, 0.15) is 64.8 Å². The Labute approximate surface area is 244 Å². The number of ether oxygens (including phenoxy) is 2. The van der Waals surface area contributed by atoms with Crippen LogP contribution in [0.3, 0.4) is 0 Å². The number of hydrogen-bond donors (Lipinski definition) is 1. The summed E-state index contributed by atoms with van der Waals surface area (Å²) in [7, 11) is 2.01. The summed E-state index contributed by atoms with van der Waals surface area (Å²) in [5, 5.41) is 10.3. The number of benzene rings is 1. The van der Waals surface area contributed by atoms with Crippen LogP contribution >= 0.6 is 0 Å². The maximum Gasteiger partial charge on any atom is 0.337 e. The molecule has 3 heterocycles. The molecule has 1 aromatic carbocycles. The van der Waals surface area contributed by atoms with Crippen molar-refractivity contribution in [3.05, 3.63) is 66.1 Å². The van der Waals surface area contributed by atoms with E-state index in [0.717, 1.165) is 54.3 Å². The van der Waals surface area contributed by atoms with Gasteiger partial charge in [0.05, 0.1) is 35.4 Å². The van der Waals surface area contributed by atoms with Gasteiger partial charge in [-0.25, -0.2) is 4.79 Å². The van der Waals surface area contributed by atoms with Crippen LogP contribution in [0.25, 0.3) is 11.3 Å². The topological polar surface area (TPSA) is 88.0 Å². The second-order valence-corrected chi connectivity index (χ2v) is 12.6. The summed E-state index contributed by atoms with van der Waals surface area (Å²) < 4.78 is 12.0. The van der Waals surface area contributed by atoms with Crippen LogP contribution in [0.2, 0.25) is 0 Å². The number of para-hydroxylation sites is 1. The molecule has 0 saturated carbocycles. The zero-order chi connectivity index (χ0) is 29.8. The van der Waals surface area contributed by atoms with E-state index < -0.39 is 17.7 Å². The Morgan fingerprint density at radius 3 is 2.34 bits per heavy atom. The Balaban J connectivity index is 1.67. The van der Waals surface area contributed by atoms with E-state index in [-0.39, 0.29) is 5.41 Å². The largest absolute Gasteiger partial charge is 0.492 e. The second-order valence-electron chi connectivity index (χ2n) is 12.6. The average molecular weight is 561 g/mol. The summed E-state index contributed by atoms with van der Waals surface area (Å²) >= 11 is 0. The molecule has 1 aliphatic rings. The first-order valence-electron chi connectivity index (χ1n) is 14.4. The predicted octanol–water partition coefficient (Wildman–Crippen LogP) is 6.53.